The van der Waals surface area contributed by atoms with Crippen LogP contribution in [-0.2, 0) is 10.8 Å². The van der Waals surface area contributed by atoms with Crippen LogP contribution in [0.15, 0.2) is 29.5 Å². The molecule has 2 atom stereocenters. The van der Waals surface area contributed by atoms with E-state index in [0.717, 1.165) is 24.4 Å². The molecule has 3 heteroatoms. The molecule has 2 rings (SSSR count). The Balaban J connectivity index is 2.33. The van der Waals surface area contributed by atoms with Gasteiger partial charge in [-0.1, -0.05) is 12.2 Å². The van der Waals surface area contributed by atoms with Crippen molar-refractivity contribution in [2.75, 3.05) is 18.8 Å². The van der Waals surface area contributed by atoms with Gasteiger partial charge in [-0.15, -0.1) is 5.73 Å². The minimum atomic E-state index is -0.743. The zero-order valence-corrected chi connectivity index (χ0v) is 7.56. The van der Waals surface area contributed by atoms with E-state index in [9.17, 15) is 4.21 Å². The fourth-order valence-electron chi connectivity index (χ4n) is 1.43. The van der Waals surface area contributed by atoms with Crippen LogP contribution in [0.1, 0.15) is 0 Å². The molecule has 0 aromatic rings. The molecule has 0 aromatic carbocycles. The van der Waals surface area contributed by atoms with Crippen LogP contribution in [0.4, 0.5) is 0 Å². The van der Waals surface area contributed by atoms with Crippen molar-refractivity contribution in [2.45, 2.75) is 5.25 Å². The van der Waals surface area contributed by atoms with E-state index in [1.165, 1.54) is 0 Å². The van der Waals surface area contributed by atoms with Gasteiger partial charge in [-0.25, -0.2) is 0 Å². The summed E-state index contributed by atoms with van der Waals surface area (Å²) in [5.41, 5.74) is 4.27. The van der Waals surface area contributed by atoms with Crippen molar-refractivity contribution >= 4 is 10.8 Å². The van der Waals surface area contributed by atoms with E-state index in [0.29, 0.717) is 0 Å². The zero-order chi connectivity index (χ0) is 8.39. The van der Waals surface area contributed by atoms with Crippen molar-refractivity contribution in [3.63, 3.8) is 0 Å². The highest BCUT2D eigenvalue weighted by atomic mass is 32.2. The van der Waals surface area contributed by atoms with E-state index in [2.05, 4.69) is 11.0 Å². The van der Waals surface area contributed by atoms with E-state index < -0.39 is 10.8 Å². The van der Waals surface area contributed by atoms with Crippen LogP contribution >= 0.6 is 0 Å². The van der Waals surface area contributed by atoms with Crippen molar-refractivity contribution in [3.8, 4) is 0 Å². The molecule has 0 amide bonds. The molecule has 12 heavy (non-hydrogen) atoms. The highest BCUT2D eigenvalue weighted by Crippen LogP contribution is 2.15. The number of nitrogens with one attached hydrogen (secondary N) is 1. The Morgan fingerprint density at radius 2 is 2.58 bits per heavy atom. The molecule has 2 nitrogen and oxygen atoms in total. The second-order valence-corrected chi connectivity index (χ2v) is 4.58. The van der Waals surface area contributed by atoms with Gasteiger partial charge in [0.2, 0.25) is 0 Å². The molecule has 1 heterocycles. The van der Waals surface area contributed by atoms with Crippen LogP contribution in [0.2, 0.25) is 0 Å². The lowest BCUT2D eigenvalue weighted by Crippen LogP contribution is -2.19. The molecule has 1 N–H and O–H groups in total. The molecular formula is C9H11NOS. The highest BCUT2D eigenvalue weighted by molar-refractivity contribution is 7.86. The van der Waals surface area contributed by atoms with E-state index in [1.807, 2.05) is 18.2 Å². The second-order valence-electron chi connectivity index (χ2n) is 2.90. The summed E-state index contributed by atoms with van der Waals surface area (Å²) < 4.78 is 11.6. The number of allylic oxidation sites excluding steroid dienone is 1. The Bertz CT molecular complexity index is 300. The Labute approximate surface area is 74.5 Å². The first-order chi connectivity index (χ1) is 5.88. The molecular weight excluding hydrogens is 170 g/mol. The summed E-state index contributed by atoms with van der Waals surface area (Å²) in [5.74, 6) is 0.750. The molecule has 0 spiro atoms. The molecule has 0 saturated carbocycles. The maximum Gasteiger partial charge on any atom is 0.0828 e. The van der Waals surface area contributed by atoms with Gasteiger partial charge in [-0.2, -0.15) is 0 Å². The standard InChI is InChI=1S/C9H11NOS/c11-12-6-5-10-7-8-3-1-2-4-9(8)12/h1-2,4,9-10H,5-7H2. The lowest BCUT2D eigenvalue weighted by molar-refractivity contribution is 0.681. The number of hydrogen-bond donors (Lipinski definition) is 1. The maximum atomic E-state index is 11.6. The van der Waals surface area contributed by atoms with Gasteiger partial charge in [-0.3, -0.25) is 4.21 Å². The predicted octanol–water partition coefficient (Wildman–Crippen LogP) is 0.358. The molecule has 0 bridgehead atoms. The summed E-state index contributed by atoms with van der Waals surface area (Å²) >= 11 is 0. The molecule has 0 aromatic heterocycles. The molecule has 2 aliphatic rings. The van der Waals surface area contributed by atoms with Crippen LogP contribution in [-0.4, -0.2) is 28.3 Å². The van der Waals surface area contributed by atoms with E-state index in [-0.39, 0.29) is 5.25 Å². The predicted molar refractivity (Wildman–Crippen MR) is 50.4 cm³/mol. The third-order valence-corrected chi connectivity index (χ3v) is 3.69. The van der Waals surface area contributed by atoms with Crippen LogP contribution < -0.4 is 5.32 Å². The van der Waals surface area contributed by atoms with Crippen molar-refractivity contribution in [1.82, 2.24) is 5.32 Å². The van der Waals surface area contributed by atoms with Gasteiger partial charge in [0.15, 0.2) is 0 Å². The van der Waals surface area contributed by atoms with Crippen LogP contribution in [0.3, 0.4) is 0 Å². The van der Waals surface area contributed by atoms with Gasteiger partial charge >= 0.3 is 0 Å². The normalized spacial score (nSPS) is 33.8. The molecule has 0 radical (unpaired) electrons. The van der Waals surface area contributed by atoms with Gasteiger partial charge in [-0.05, 0) is 6.08 Å². The smallest absolute Gasteiger partial charge is 0.0828 e. The molecule has 64 valence electrons. The molecule has 1 aliphatic heterocycles. The minimum Gasteiger partial charge on any atom is -0.311 e. The topological polar surface area (TPSA) is 29.1 Å². The lowest BCUT2D eigenvalue weighted by atomic mass is 10.1. The van der Waals surface area contributed by atoms with Gasteiger partial charge in [0, 0.05) is 35.2 Å². The van der Waals surface area contributed by atoms with E-state index in [1.54, 1.807) is 0 Å². The summed E-state index contributed by atoms with van der Waals surface area (Å²) in [6, 6.07) is 0. The SMILES string of the molecule is O=S1CCNCC2=C=CC=CC21. The van der Waals surface area contributed by atoms with Crippen LogP contribution in [0, 0.1) is 0 Å². The molecule has 2 unspecified atom stereocenters. The van der Waals surface area contributed by atoms with Crippen molar-refractivity contribution in [1.29, 1.82) is 0 Å². The van der Waals surface area contributed by atoms with Crippen LogP contribution in [0.25, 0.3) is 0 Å². The van der Waals surface area contributed by atoms with Crippen LogP contribution in [0.5, 0.6) is 0 Å². The van der Waals surface area contributed by atoms with Crippen molar-refractivity contribution < 1.29 is 4.21 Å². The monoisotopic (exact) mass is 181 g/mol. The lowest BCUT2D eigenvalue weighted by Gasteiger charge is -2.11. The third-order valence-electron chi connectivity index (χ3n) is 2.07. The van der Waals surface area contributed by atoms with E-state index >= 15 is 0 Å². The van der Waals surface area contributed by atoms with E-state index in [4.69, 9.17) is 0 Å². The van der Waals surface area contributed by atoms with Gasteiger partial charge in [0.1, 0.15) is 0 Å². The Morgan fingerprint density at radius 3 is 3.50 bits per heavy atom. The summed E-state index contributed by atoms with van der Waals surface area (Å²) in [4.78, 5) is 0. The van der Waals surface area contributed by atoms with Gasteiger partial charge < -0.3 is 5.32 Å². The fourth-order valence-corrected chi connectivity index (χ4v) is 2.76. The largest absolute Gasteiger partial charge is 0.311 e. The number of fused-ring (bicyclic) bond motifs is 1. The summed E-state index contributed by atoms with van der Waals surface area (Å²) in [6.07, 6.45) is 5.82. The second kappa shape index (κ2) is 3.40. The first-order valence-corrected chi connectivity index (χ1v) is 5.46. The average molecular weight is 181 g/mol. The fraction of sp³-hybridized carbons (Fsp3) is 0.444. The van der Waals surface area contributed by atoms with Gasteiger partial charge in [0.25, 0.3) is 0 Å². The van der Waals surface area contributed by atoms with Gasteiger partial charge in [0.05, 0.1) is 5.25 Å². The average Bonchev–Trinajstić information content (AvgIpc) is 2.29. The minimum absolute atomic E-state index is 0.116. The Morgan fingerprint density at radius 1 is 1.67 bits per heavy atom. The highest BCUT2D eigenvalue weighted by Gasteiger charge is 2.21. The van der Waals surface area contributed by atoms with Crippen molar-refractivity contribution in [2.24, 2.45) is 0 Å². The molecule has 1 fully saturated rings. The Kier molecular flexibility index (Phi) is 2.26. The zero-order valence-electron chi connectivity index (χ0n) is 6.75. The number of rotatable bonds is 0. The third kappa shape index (κ3) is 1.44. The maximum absolute atomic E-state index is 11.6. The summed E-state index contributed by atoms with van der Waals surface area (Å²) in [6.45, 7) is 1.68. The first kappa shape index (κ1) is 7.99. The Hall–Kier alpha value is -0.630. The summed E-state index contributed by atoms with van der Waals surface area (Å²) in [5, 5.41) is 3.35. The number of hydrogen-bond acceptors (Lipinski definition) is 2. The summed E-state index contributed by atoms with van der Waals surface area (Å²) in [7, 11) is -0.743. The quantitative estimate of drug-likeness (QED) is 0.547. The molecule has 1 saturated heterocycles. The first-order valence-electron chi connectivity index (χ1n) is 4.08. The van der Waals surface area contributed by atoms with Crippen molar-refractivity contribution in [3.05, 3.63) is 29.5 Å². The molecule has 1 aliphatic carbocycles.